The molecule has 0 radical (unpaired) electrons. The Kier molecular flexibility index (Phi) is 8.79. The van der Waals surface area contributed by atoms with Crippen LogP contribution in [0.5, 0.6) is 11.5 Å². The van der Waals surface area contributed by atoms with E-state index in [4.69, 9.17) is 18.9 Å². The van der Waals surface area contributed by atoms with E-state index >= 15 is 0 Å². The van der Waals surface area contributed by atoms with Crippen molar-refractivity contribution < 1.29 is 33.6 Å². The molecule has 0 aliphatic carbocycles. The fourth-order valence-electron chi connectivity index (χ4n) is 6.76. The Morgan fingerprint density at radius 3 is 2.04 bits per heavy atom. The van der Waals surface area contributed by atoms with Crippen LogP contribution in [-0.2, 0) is 35.6 Å². The summed E-state index contributed by atoms with van der Waals surface area (Å²) in [6, 6.07) is 26.7. The number of fused-ring (bicyclic) bond motifs is 2. The second-order valence-electron chi connectivity index (χ2n) is 12.3. The zero-order valence-corrected chi connectivity index (χ0v) is 26.6. The Morgan fingerprint density at radius 2 is 1.40 bits per heavy atom. The average molecular weight is 635 g/mol. The molecule has 0 saturated carbocycles. The lowest BCUT2D eigenvalue weighted by molar-refractivity contribution is -0.253. The van der Waals surface area contributed by atoms with Gasteiger partial charge in [-0.15, -0.1) is 0 Å². The highest BCUT2D eigenvalue weighted by Crippen LogP contribution is 2.39. The number of nitrogens with zero attached hydrogens (tertiary/aromatic N) is 2. The molecule has 0 aromatic heterocycles. The molecule has 9 nitrogen and oxygen atoms in total. The van der Waals surface area contributed by atoms with Gasteiger partial charge in [0.05, 0.1) is 50.7 Å². The zero-order chi connectivity index (χ0) is 32.5. The Labute approximate surface area is 274 Å². The minimum atomic E-state index is -0.606. The Bertz CT molecular complexity index is 1740. The number of carbonyl (C=O) groups excluding carboxylic acids is 2. The molecule has 4 aromatic rings. The van der Waals surface area contributed by atoms with Crippen molar-refractivity contribution in [3.63, 3.8) is 0 Å². The molecule has 3 heterocycles. The van der Waals surface area contributed by atoms with Gasteiger partial charge in [-0.1, -0.05) is 60.7 Å². The van der Waals surface area contributed by atoms with Gasteiger partial charge >= 0.3 is 0 Å². The maximum absolute atomic E-state index is 12.9. The molecule has 4 aromatic carbocycles. The SMILES string of the molecule is COc1cc2c(cc1OC)CN(C[C@@H]1C[C@H](c3ccc(CO)cc3)O[C@H](c3ccc(CN4C(=O)c5ccccc5C4=O)cc3)O1)CC2. The molecule has 3 atom stereocenters. The first kappa shape index (κ1) is 31.1. The zero-order valence-electron chi connectivity index (χ0n) is 26.6. The van der Waals surface area contributed by atoms with Gasteiger partial charge in [0, 0.05) is 31.6 Å². The number of hydrogen-bond donors (Lipinski definition) is 1. The lowest BCUT2D eigenvalue weighted by atomic mass is 9.96. The summed E-state index contributed by atoms with van der Waals surface area (Å²) in [6.07, 6.45) is 0.679. The van der Waals surface area contributed by atoms with E-state index in [-0.39, 0.29) is 37.2 Å². The molecule has 47 heavy (non-hydrogen) atoms. The van der Waals surface area contributed by atoms with Crippen LogP contribution in [0, 0.1) is 0 Å². The van der Waals surface area contributed by atoms with Crippen molar-refractivity contribution in [1.82, 2.24) is 9.80 Å². The molecule has 0 unspecified atom stereocenters. The van der Waals surface area contributed by atoms with Crippen LogP contribution in [0.15, 0.2) is 84.9 Å². The van der Waals surface area contributed by atoms with Gasteiger partial charge in [-0.3, -0.25) is 19.4 Å². The fraction of sp³-hybridized carbons (Fsp3) is 0.316. The lowest BCUT2D eigenvalue weighted by Gasteiger charge is -2.39. The van der Waals surface area contributed by atoms with Crippen molar-refractivity contribution >= 4 is 11.8 Å². The first-order valence-electron chi connectivity index (χ1n) is 15.9. The molecule has 1 N–H and O–H groups in total. The van der Waals surface area contributed by atoms with Crippen molar-refractivity contribution in [3.05, 3.63) is 129 Å². The topological polar surface area (TPSA) is 97.8 Å². The first-order valence-corrected chi connectivity index (χ1v) is 15.9. The third kappa shape index (κ3) is 6.27. The summed E-state index contributed by atoms with van der Waals surface area (Å²) in [6.45, 7) is 2.59. The number of rotatable bonds is 9. The summed E-state index contributed by atoms with van der Waals surface area (Å²) < 4.78 is 24.3. The summed E-state index contributed by atoms with van der Waals surface area (Å²) >= 11 is 0. The summed E-state index contributed by atoms with van der Waals surface area (Å²) in [5.41, 5.74) is 6.96. The van der Waals surface area contributed by atoms with Crippen LogP contribution >= 0.6 is 0 Å². The molecular formula is C38H38N2O7. The largest absolute Gasteiger partial charge is 0.493 e. The predicted molar refractivity (Wildman–Crippen MR) is 174 cm³/mol. The fourth-order valence-corrected chi connectivity index (χ4v) is 6.76. The van der Waals surface area contributed by atoms with Gasteiger partial charge in [-0.05, 0) is 58.5 Å². The number of amides is 2. The molecule has 242 valence electrons. The second-order valence-corrected chi connectivity index (χ2v) is 12.3. The Hall–Kier alpha value is -4.54. The first-order chi connectivity index (χ1) is 22.9. The van der Waals surface area contributed by atoms with Crippen LogP contribution in [-0.4, -0.2) is 60.1 Å². The molecule has 2 amide bonds. The smallest absolute Gasteiger partial charge is 0.261 e. The standard InChI is InChI=1S/C38H38N2O7/c1-44-34-17-28-15-16-39(21-29(28)18-35(34)45-2)22-30-19-33(26-11-9-25(23-41)10-12-26)47-38(46-30)27-13-7-24(8-14-27)20-40-36(42)31-5-3-4-6-32(31)37(40)43/h3-14,17-18,30,33,38,41H,15-16,19-23H2,1-2H3/t30-,33+,38+/m0/s1. The number of ether oxygens (including phenoxy) is 4. The van der Waals surface area contributed by atoms with Gasteiger partial charge < -0.3 is 24.1 Å². The van der Waals surface area contributed by atoms with Crippen molar-refractivity contribution in [2.45, 2.75) is 51.0 Å². The molecular weight excluding hydrogens is 596 g/mol. The maximum Gasteiger partial charge on any atom is 0.261 e. The van der Waals surface area contributed by atoms with E-state index in [2.05, 4.69) is 17.0 Å². The van der Waals surface area contributed by atoms with Crippen molar-refractivity contribution in [1.29, 1.82) is 0 Å². The number of benzene rings is 4. The Balaban J connectivity index is 1.08. The third-order valence-corrected chi connectivity index (χ3v) is 9.34. The van der Waals surface area contributed by atoms with Crippen LogP contribution in [0.3, 0.4) is 0 Å². The van der Waals surface area contributed by atoms with Crippen molar-refractivity contribution in [3.8, 4) is 11.5 Å². The summed E-state index contributed by atoms with van der Waals surface area (Å²) in [5.74, 6) is 0.933. The number of hydrogen-bond acceptors (Lipinski definition) is 8. The van der Waals surface area contributed by atoms with Gasteiger partial charge in [0.2, 0.25) is 0 Å². The van der Waals surface area contributed by atoms with E-state index in [9.17, 15) is 14.7 Å². The van der Waals surface area contributed by atoms with Gasteiger partial charge in [0.1, 0.15) is 0 Å². The number of aliphatic hydroxyl groups is 1. The van der Waals surface area contributed by atoms with E-state index in [1.807, 2.05) is 48.5 Å². The second kappa shape index (κ2) is 13.3. The van der Waals surface area contributed by atoms with Crippen molar-refractivity contribution in [2.75, 3.05) is 27.3 Å². The average Bonchev–Trinajstić information content (AvgIpc) is 3.35. The van der Waals surface area contributed by atoms with Crippen molar-refractivity contribution in [2.24, 2.45) is 0 Å². The number of imide groups is 1. The monoisotopic (exact) mass is 634 g/mol. The van der Waals surface area contributed by atoms with Crippen LogP contribution in [0.4, 0.5) is 0 Å². The van der Waals surface area contributed by atoms with Crippen LogP contribution in [0.2, 0.25) is 0 Å². The van der Waals surface area contributed by atoms with E-state index < -0.39 is 6.29 Å². The minimum absolute atomic E-state index is 0.0136. The van der Waals surface area contributed by atoms with Crippen LogP contribution < -0.4 is 9.47 Å². The van der Waals surface area contributed by atoms with Gasteiger partial charge in [0.25, 0.3) is 11.8 Å². The summed E-state index contributed by atoms with van der Waals surface area (Å²) in [5, 5.41) is 9.56. The predicted octanol–water partition coefficient (Wildman–Crippen LogP) is 5.60. The quantitative estimate of drug-likeness (QED) is 0.238. The maximum atomic E-state index is 12.9. The van der Waals surface area contributed by atoms with Gasteiger partial charge in [0.15, 0.2) is 17.8 Å². The molecule has 7 rings (SSSR count). The summed E-state index contributed by atoms with van der Waals surface area (Å²) in [4.78, 5) is 29.5. The molecule has 9 heteroatoms. The van der Waals surface area contributed by atoms with E-state index in [0.29, 0.717) is 17.5 Å². The molecule has 1 fully saturated rings. The lowest BCUT2D eigenvalue weighted by Crippen LogP contribution is -2.41. The van der Waals surface area contributed by atoms with E-state index in [1.165, 1.54) is 16.0 Å². The summed E-state index contributed by atoms with van der Waals surface area (Å²) in [7, 11) is 3.32. The molecule has 0 bridgehead atoms. The number of carbonyl (C=O) groups is 2. The molecule has 3 aliphatic rings. The minimum Gasteiger partial charge on any atom is -0.493 e. The highest BCUT2D eigenvalue weighted by Gasteiger charge is 2.36. The molecule has 0 spiro atoms. The highest BCUT2D eigenvalue weighted by atomic mass is 16.7. The van der Waals surface area contributed by atoms with E-state index in [0.717, 1.165) is 59.8 Å². The van der Waals surface area contributed by atoms with E-state index in [1.54, 1.807) is 38.5 Å². The van der Waals surface area contributed by atoms with Gasteiger partial charge in [-0.25, -0.2) is 0 Å². The van der Waals surface area contributed by atoms with Crippen LogP contribution in [0.25, 0.3) is 0 Å². The number of aliphatic hydroxyl groups excluding tert-OH is 1. The normalized spacial score (nSPS) is 21.0. The van der Waals surface area contributed by atoms with Gasteiger partial charge in [-0.2, -0.15) is 0 Å². The molecule has 3 aliphatic heterocycles. The Morgan fingerprint density at radius 1 is 0.787 bits per heavy atom. The highest BCUT2D eigenvalue weighted by molar-refractivity contribution is 6.21. The molecule has 1 saturated heterocycles. The number of methoxy groups -OCH3 is 2. The van der Waals surface area contributed by atoms with Crippen LogP contribution in [0.1, 0.15) is 72.9 Å². The third-order valence-electron chi connectivity index (χ3n) is 9.34.